The highest BCUT2D eigenvalue weighted by atomic mass is 15.0. The van der Waals surface area contributed by atoms with Gasteiger partial charge in [-0.1, -0.05) is 31.7 Å². The van der Waals surface area contributed by atoms with Crippen LogP contribution in [0, 0.1) is 0 Å². The molecule has 0 unspecified atom stereocenters. The second-order valence-corrected chi connectivity index (χ2v) is 8.20. The lowest BCUT2D eigenvalue weighted by molar-refractivity contribution is 0.324. The van der Waals surface area contributed by atoms with Crippen molar-refractivity contribution in [2.24, 2.45) is 9.98 Å². The van der Waals surface area contributed by atoms with Crippen molar-refractivity contribution in [2.75, 3.05) is 0 Å². The van der Waals surface area contributed by atoms with Crippen LogP contribution in [0.5, 0.6) is 0 Å². The Morgan fingerprint density at radius 1 is 0.704 bits per heavy atom. The van der Waals surface area contributed by atoms with Crippen molar-refractivity contribution >= 4 is 12.4 Å². The Labute approximate surface area is 163 Å². The van der Waals surface area contributed by atoms with Gasteiger partial charge in [-0.25, -0.2) is 0 Å². The molecule has 27 heavy (non-hydrogen) atoms. The maximum Gasteiger partial charge on any atom is 0.0648 e. The van der Waals surface area contributed by atoms with Gasteiger partial charge in [-0.3, -0.25) is 15.0 Å². The summed E-state index contributed by atoms with van der Waals surface area (Å²) in [6, 6.07) is 8.12. The van der Waals surface area contributed by atoms with Gasteiger partial charge in [0.2, 0.25) is 0 Å². The van der Waals surface area contributed by atoms with E-state index in [1.54, 1.807) is 0 Å². The predicted molar refractivity (Wildman–Crippen MR) is 112 cm³/mol. The molecule has 0 saturated heterocycles. The second kappa shape index (κ2) is 9.56. The molecule has 2 N–H and O–H groups in total. The Kier molecular flexibility index (Phi) is 6.64. The van der Waals surface area contributed by atoms with Gasteiger partial charge in [0.05, 0.1) is 23.5 Å². The average molecular weight is 368 g/mol. The third-order valence-electron chi connectivity index (χ3n) is 6.22. The highest BCUT2D eigenvalue weighted by Crippen LogP contribution is 2.23. The summed E-state index contributed by atoms with van der Waals surface area (Å²) in [7, 11) is 0. The molecule has 4 rings (SSSR count). The molecule has 1 aliphatic heterocycles. The highest BCUT2D eigenvalue weighted by Gasteiger charge is 2.25. The van der Waals surface area contributed by atoms with Crippen LogP contribution >= 0.6 is 0 Å². The van der Waals surface area contributed by atoms with Crippen LogP contribution < -0.4 is 10.6 Å². The van der Waals surface area contributed by atoms with Crippen molar-refractivity contribution < 1.29 is 0 Å². The highest BCUT2D eigenvalue weighted by molar-refractivity contribution is 5.79. The lowest BCUT2D eigenvalue weighted by Gasteiger charge is -2.30. The van der Waals surface area contributed by atoms with Crippen LogP contribution in [0.3, 0.4) is 0 Å². The normalized spacial score (nSPS) is 32.4. The van der Waals surface area contributed by atoms with Crippen molar-refractivity contribution in [3.63, 3.8) is 0 Å². The van der Waals surface area contributed by atoms with Gasteiger partial charge >= 0.3 is 0 Å². The van der Waals surface area contributed by atoms with Gasteiger partial charge in [0.1, 0.15) is 0 Å². The summed E-state index contributed by atoms with van der Waals surface area (Å²) in [4.78, 5) is 14.7. The van der Waals surface area contributed by atoms with Crippen molar-refractivity contribution in [1.29, 1.82) is 0 Å². The molecule has 4 atom stereocenters. The Morgan fingerprint density at radius 2 is 1.22 bits per heavy atom. The first kappa shape index (κ1) is 18.8. The summed E-state index contributed by atoms with van der Waals surface area (Å²) < 4.78 is 0. The molecule has 2 bridgehead atoms. The molecule has 2 heterocycles. The van der Waals surface area contributed by atoms with Crippen LogP contribution in [-0.4, -0.2) is 41.6 Å². The Balaban J connectivity index is 1.52. The van der Waals surface area contributed by atoms with Crippen LogP contribution in [0.25, 0.3) is 0 Å². The van der Waals surface area contributed by atoms with Crippen LogP contribution in [0.1, 0.15) is 69.2 Å². The zero-order valence-corrected chi connectivity index (χ0v) is 16.3. The minimum atomic E-state index is 0.396. The first-order valence-corrected chi connectivity index (χ1v) is 10.8. The van der Waals surface area contributed by atoms with Gasteiger partial charge in [-0.15, -0.1) is 0 Å². The van der Waals surface area contributed by atoms with Gasteiger partial charge in [-0.2, -0.15) is 0 Å². The third-order valence-corrected chi connectivity index (χ3v) is 6.22. The molecule has 0 spiro atoms. The van der Waals surface area contributed by atoms with Gasteiger partial charge in [0.15, 0.2) is 0 Å². The largest absolute Gasteiger partial charge is 0.306 e. The predicted octanol–water partition coefficient (Wildman–Crippen LogP) is 3.43. The minimum absolute atomic E-state index is 0.396. The maximum atomic E-state index is 4.90. The summed E-state index contributed by atoms with van der Waals surface area (Å²) in [6.07, 6.45) is 15.0. The summed E-state index contributed by atoms with van der Waals surface area (Å²) in [5, 5.41) is 7.45. The zero-order valence-electron chi connectivity index (χ0n) is 16.3. The Morgan fingerprint density at radius 3 is 1.78 bits per heavy atom. The van der Waals surface area contributed by atoms with Crippen molar-refractivity contribution in [3.05, 3.63) is 29.6 Å². The smallest absolute Gasteiger partial charge is 0.0648 e. The number of rotatable bonds is 0. The van der Waals surface area contributed by atoms with E-state index >= 15 is 0 Å². The zero-order chi connectivity index (χ0) is 18.3. The van der Waals surface area contributed by atoms with E-state index in [-0.39, 0.29) is 0 Å². The van der Waals surface area contributed by atoms with Crippen LogP contribution in [-0.2, 0) is 13.1 Å². The molecule has 2 aliphatic carbocycles. The van der Waals surface area contributed by atoms with E-state index < -0.39 is 0 Å². The molecule has 0 radical (unpaired) electrons. The summed E-state index contributed by atoms with van der Waals surface area (Å²) in [5.74, 6) is 0. The summed E-state index contributed by atoms with van der Waals surface area (Å²) in [6.45, 7) is 1.66. The van der Waals surface area contributed by atoms with E-state index in [1.165, 1.54) is 51.4 Å². The number of aromatic nitrogens is 1. The molecule has 1 aromatic rings. The molecule has 3 aliphatic rings. The fourth-order valence-electron chi connectivity index (χ4n) is 4.69. The number of hydrogen-bond donors (Lipinski definition) is 2. The molecule has 5 heteroatoms. The molecule has 2 saturated carbocycles. The van der Waals surface area contributed by atoms with Crippen molar-refractivity contribution in [3.8, 4) is 0 Å². The first-order valence-electron chi connectivity index (χ1n) is 10.8. The van der Waals surface area contributed by atoms with Gasteiger partial charge in [-0.05, 0) is 37.8 Å². The van der Waals surface area contributed by atoms with E-state index in [2.05, 4.69) is 41.3 Å². The minimum Gasteiger partial charge on any atom is -0.306 e. The Hall–Kier alpha value is -1.59. The molecule has 2 fully saturated rings. The maximum absolute atomic E-state index is 4.90. The topological polar surface area (TPSA) is 61.7 Å². The Bertz CT molecular complexity index is 605. The van der Waals surface area contributed by atoms with Crippen LogP contribution in [0.15, 0.2) is 28.2 Å². The average Bonchev–Trinajstić information content (AvgIpc) is 2.71. The van der Waals surface area contributed by atoms with Gasteiger partial charge in [0.25, 0.3) is 0 Å². The lowest BCUT2D eigenvalue weighted by Crippen LogP contribution is -2.41. The second-order valence-electron chi connectivity index (χ2n) is 8.20. The molecule has 0 aromatic carbocycles. The van der Waals surface area contributed by atoms with Crippen LogP contribution in [0.2, 0.25) is 0 Å². The van der Waals surface area contributed by atoms with Crippen molar-refractivity contribution in [2.45, 2.75) is 95.0 Å². The number of nitrogens with zero attached hydrogens (tertiary/aromatic N) is 3. The molecular formula is C22H33N5. The van der Waals surface area contributed by atoms with E-state index in [0.717, 1.165) is 30.9 Å². The fourth-order valence-corrected chi connectivity index (χ4v) is 4.69. The lowest BCUT2D eigenvalue weighted by atomic mass is 9.90. The fraction of sp³-hybridized carbons (Fsp3) is 0.682. The van der Waals surface area contributed by atoms with E-state index in [0.29, 0.717) is 24.2 Å². The summed E-state index contributed by atoms with van der Waals surface area (Å²) >= 11 is 0. The monoisotopic (exact) mass is 367 g/mol. The number of aliphatic imine (C=N–C) groups is 2. The van der Waals surface area contributed by atoms with Gasteiger partial charge < -0.3 is 10.6 Å². The number of hydrogen-bond acceptors (Lipinski definition) is 5. The molecule has 5 nitrogen and oxygen atoms in total. The van der Waals surface area contributed by atoms with E-state index in [4.69, 9.17) is 15.0 Å². The number of nitrogens with one attached hydrogen (secondary N) is 2. The van der Waals surface area contributed by atoms with Crippen molar-refractivity contribution in [1.82, 2.24) is 15.6 Å². The molecule has 146 valence electrons. The number of fused-ring (bicyclic) bond motifs is 4. The number of pyridine rings is 1. The third kappa shape index (κ3) is 5.23. The molecular weight excluding hydrogens is 334 g/mol. The molecule has 1 aromatic heterocycles. The standard InChI is InChI=1S/C22H33N5/c1-3-11-21-19(9-1)23-13-6-14-24-20-10-2-4-12-22(20)26-16-18-8-5-7-17(27-18)15-25-21/h5,7-8,13-14,19-22,25-26H,1-4,6,9-12,15-16H2/t19-,20-,21-,22-/m1/s1. The van der Waals surface area contributed by atoms with E-state index in [9.17, 15) is 0 Å². The quantitative estimate of drug-likeness (QED) is 0.738. The van der Waals surface area contributed by atoms with Gasteiger partial charge in [0, 0.05) is 44.0 Å². The first-order chi connectivity index (χ1) is 13.4. The van der Waals surface area contributed by atoms with E-state index in [1.807, 2.05) is 0 Å². The summed E-state index contributed by atoms with van der Waals surface area (Å²) in [5.41, 5.74) is 2.26. The molecule has 0 amide bonds. The SMILES string of the molecule is C1=N[C@@H]2CCCC[C@H]2NCc2cccc(n2)CN[C@@H]2CCCC[C@H]2N=CC1. The van der Waals surface area contributed by atoms with Crippen LogP contribution in [0.4, 0.5) is 0 Å².